The van der Waals surface area contributed by atoms with Crippen LogP contribution in [-0.4, -0.2) is 62.1 Å². The second-order valence-electron chi connectivity index (χ2n) is 8.14. The van der Waals surface area contributed by atoms with E-state index >= 15 is 0 Å². The molecule has 0 N–H and O–H groups in total. The third-order valence-corrected chi connectivity index (χ3v) is 6.24. The Bertz CT molecular complexity index is 1060. The van der Waals surface area contributed by atoms with Crippen molar-refractivity contribution in [3.05, 3.63) is 53.6 Å². The zero-order valence-electron chi connectivity index (χ0n) is 18.8. The maximum absolute atomic E-state index is 13.7. The van der Waals surface area contributed by atoms with Gasteiger partial charge in [-0.05, 0) is 36.4 Å². The van der Waals surface area contributed by atoms with E-state index in [0.717, 1.165) is 5.56 Å². The third-order valence-electron chi connectivity index (χ3n) is 6.24. The van der Waals surface area contributed by atoms with Gasteiger partial charge in [0.05, 0.1) is 39.4 Å². The molecule has 0 saturated carbocycles. The predicted molar refractivity (Wildman–Crippen MR) is 120 cm³/mol. The Balaban J connectivity index is 1.73. The van der Waals surface area contributed by atoms with Crippen molar-refractivity contribution >= 4 is 11.8 Å². The molecule has 8 heteroatoms. The number of carbonyl (C=O) groups is 2. The molecule has 0 aromatic heterocycles. The number of benzene rings is 2. The Hall–Kier alpha value is -3.73. The lowest BCUT2D eigenvalue weighted by molar-refractivity contribution is -0.134. The minimum absolute atomic E-state index is 0.0586. The molecular weight excluding hydrogens is 422 g/mol. The van der Waals surface area contributed by atoms with Gasteiger partial charge >= 0.3 is 0 Å². The zero-order valence-corrected chi connectivity index (χ0v) is 18.8. The Morgan fingerprint density at radius 2 is 1.88 bits per heavy atom. The minimum atomic E-state index is -0.271. The molecule has 0 radical (unpaired) electrons. The molecule has 0 bridgehead atoms. The molecule has 2 aromatic rings. The summed E-state index contributed by atoms with van der Waals surface area (Å²) in [6, 6.07) is 14.5. The first-order chi connectivity index (χ1) is 16.0. The second-order valence-corrected chi connectivity index (χ2v) is 8.14. The van der Waals surface area contributed by atoms with Crippen LogP contribution in [0.25, 0.3) is 0 Å². The summed E-state index contributed by atoms with van der Waals surface area (Å²) in [5, 5.41) is 9.01. The average molecular weight is 450 g/mol. The maximum Gasteiger partial charge on any atom is 0.254 e. The van der Waals surface area contributed by atoms with E-state index in [1.807, 2.05) is 18.2 Å². The van der Waals surface area contributed by atoms with E-state index in [9.17, 15) is 9.59 Å². The molecule has 172 valence electrons. The van der Waals surface area contributed by atoms with Crippen molar-refractivity contribution in [2.75, 3.05) is 40.5 Å². The molecule has 2 aliphatic heterocycles. The zero-order chi connectivity index (χ0) is 23.4. The van der Waals surface area contributed by atoms with Gasteiger partial charge in [-0.1, -0.05) is 0 Å². The number of hydrogen-bond donors (Lipinski definition) is 0. The molecule has 0 unspecified atom stereocenters. The van der Waals surface area contributed by atoms with Crippen LogP contribution in [0.2, 0.25) is 0 Å². The fourth-order valence-corrected chi connectivity index (χ4v) is 4.55. The van der Waals surface area contributed by atoms with E-state index < -0.39 is 0 Å². The first kappa shape index (κ1) is 22.5. The quantitative estimate of drug-likeness (QED) is 0.697. The summed E-state index contributed by atoms with van der Waals surface area (Å²) in [6.45, 7) is 1.43. The number of rotatable bonds is 5. The summed E-state index contributed by atoms with van der Waals surface area (Å²) in [4.78, 5) is 30.1. The topological polar surface area (TPSA) is 92.1 Å². The maximum atomic E-state index is 13.7. The highest BCUT2D eigenvalue weighted by molar-refractivity contribution is 5.95. The van der Waals surface area contributed by atoms with Gasteiger partial charge in [-0.2, -0.15) is 5.26 Å². The number of hydrogen-bond acceptors (Lipinski definition) is 6. The van der Waals surface area contributed by atoms with Crippen molar-refractivity contribution in [2.24, 2.45) is 5.92 Å². The Labute approximate surface area is 193 Å². The fraction of sp³-hybridized carbons (Fsp3) is 0.400. The Morgan fingerprint density at radius 1 is 1.15 bits per heavy atom. The van der Waals surface area contributed by atoms with Gasteiger partial charge in [0.1, 0.15) is 17.2 Å². The minimum Gasteiger partial charge on any atom is -0.497 e. The van der Waals surface area contributed by atoms with Crippen molar-refractivity contribution in [3.63, 3.8) is 0 Å². The summed E-state index contributed by atoms with van der Waals surface area (Å²) in [6.07, 6.45) is 0.467. The number of nitriles is 1. The van der Waals surface area contributed by atoms with Gasteiger partial charge < -0.3 is 24.0 Å². The molecule has 0 spiro atoms. The van der Waals surface area contributed by atoms with Crippen LogP contribution in [0.5, 0.6) is 17.2 Å². The number of carbonyl (C=O) groups excluding carboxylic acids is 2. The lowest BCUT2D eigenvalue weighted by atomic mass is 9.87. The third kappa shape index (κ3) is 4.58. The smallest absolute Gasteiger partial charge is 0.254 e. The van der Waals surface area contributed by atoms with Crippen LogP contribution in [0.3, 0.4) is 0 Å². The average Bonchev–Trinajstić information content (AvgIpc) is 2.85. The summed E-state index contributed by atoms with van der Waals surface area (Å²) < 4.78 is 16.6. The van der Waals surface area contributed by atoms with Gasteiger partial charge in [-0.15, -0.1) is 0 Å². The SMILES string of the molecule is COc1ccc(C(=O)N2CCC(=O)N(CCC#N)C[C@H]3COc4cc(OC)ccc4[C@H]32)cc1. The van der Waals surface area contributed by atoms with Crippen LogP contribution in [0.4, 0.5) is 0 Å². The van der Waals surface area contributed by atoms with Crippen molar-refractivity contribution in [3.8, 4) is 23.3 Å². The van der Waals surface area contributed by atoms with E-state index in [4.69, 9.17) is 19.5 Å². The van der Waals surface area contributed by atoms with E-state index in [1.165, 1.54) is 0 Å². The molecule has 2 aromatic carbocycles. The fourth-order valence-electron chi connectivity index (χ4n) is 4.55. The van der Waals surface area contributed by atoms with Crippen LogP contribution >= 0.6 is 0 Å². The summed E-state index contributed by atoms with van der Waals surface area (Å²) in [5.41, 5.74) is 1.42. The van der Waals surface area contributed by atoms with Gasteiger partial charge in [0, 0.05) is 49.2 Å². The number of methoxy groups -OCH3 is 2. The molecule has 4 rings (SSSR count). The van der Waals surface area contributed by atoms with Crippen molar-refractivity contribution in [1.82, 2.24) is 9.80 Å². The van der Waals surface area contributed by atoms with Gasteiger partial charge in [0.2, 0.25) is 5.91 Å². The van der Waals surface area contributed by atoms with Crippen molar-refractivity contribution in [2.45, 2.75) is 18.9 Å². The largest absolute Gasteiger partial charge is 0.497 e. The van der Waals surface area contributed by atoms with Crippen LogP contribution in [0.1, 0.15) is 34.8 Å². The Morgan fingerprint density at radius 3 is 2.58 bits per heavy atom. The molecular formula is C25H27N3O5. The van der Waals surface area contributed by atoms with Gasteiger partial charge in [-0.3, -0.25) is 9.59 Å². The molecule has 2 heterocycles. The highest BCUT2D eigenvalue weighted by atomic mass is 16.5. The predicted octanol–water partition coefficient (Wildman–Crippen LogP) is 3.04. The van der Waals surface area contributed by atoms with E-state index in [0.29, 0.717) is 42.5 Å². The molecule has 33 heavy (non-hydrogen) atoms. The Kier molecular flexibility index (Phi) is 6.68. The standard InChI is InChI=1S/C25H27N3O5/c1-31-19-6-4-17(5-7-19)25(30)28-13-10-23(29)27(12-3-11-26)15-18-16-33-22-14-20(32-2)8-9-21(22)24(18)28/h4-9,14,18,24H,3,10,12-13,15-16H2,1-2H3/t18-,24-/m0/s1. The lowest BCUT2D eigenvalue weighted by Gasteiger charge is -2.44. The molecule has 1 saturated heterocycles. The summed E-state index contributed by atoms with van der Waals surface area (Å²) in [5.74, 6) is 1.70. The first-order valence-corrected chi connectivity index (χ1v) is 11.0. The summed E-state index contributed by atoms with van der Waals surface area (Å²) >= 11 is 0. The van der Waals surface area contributed by atoms with Gasteiger partial charge in [-0.25, -0.2) is 0 Å². The number of amides is 2. The van der Waals surface area contributed by atoms with Gasteiger partial charge in [0.25, 0.3) is 5.91 Å². The molecule has 8 nitrogen and oxygen atoms in total. The highest BCUT2D eigenvalue weighted by Crippen LogP contribution is 2.43. The van der Waals surface area contributed by atoms with E-state index in [2.05, 4.69) is 6.07 Å². The van der Waals surface area contributed by atoms with Crippen LogP contribution < -0.4 is 14.2 Å². The van der Waals surface area contributed by atoms with Crippen LogP contribution in [0, 0.1) is 17.2 Å². The summed E-state index contributed by atoms with van der Waals surface area (Å²) in [7, 11) is 3.18. The highest BCUT2D eigenvalue weighted by Gasteiger charge is 2.41. The molecule has 2 amide bonds. The van der Waals surface area contributed by atoms with Crippen molar-refractivity contribution < 1.29 is 23.8 Å². The number of nitrogens with zero attached hydrogens (tertiary/aromatic N) is 3. The van der Waals surface area contributed by atoms with Gasteiger partial charge in [0.15, 0.2) is 0 Å². The monoisotopic (exact) mass is 449 g/mol. The molecule has 0 aliphatic carbocycles. The molecule has 2 aliphatic rings. The van der Waals surface area contributed by atoms with E-state index in [1.54, 1.807) is 48.3 Å². The second kappa shape index (κ2) is 9.82. The molecule has 1 fully saturated rings. The van der Waals surface area contributed by atoms with Crippen LogP contribution in [0.15, 0.2) is 42.5 Å². The lowest BCUT2D eigenvalue weighted by Crippen LogP contribution is -2.51. The number of ether oxygens (including phenoxy) is 3. The first-order valence-electron chi connectivity index (χ1n) is 11.0. The molecule has 2 atom stereocenters. The van der Waals surface area contributed by atoms with Crippen molar-refractivity contribution in [1.29, 1.82) is 5.26 Å². The number of fused-ring (bicyclic) bond motifs is 3. The van der Waals surface area contributed by atoms with Crippen LogP contribution in [-0.2, 0) is 4.79 Å². The normalized spacial score (nSPS) is 19.8. The van der Waals surface area contributed by atoms with E-state index in [-0.39, 0.29) is 43.2 Å².